The Bertz CT molecular complexity index is 335. The largest absolute Gasteiger partial charge is 0.457 e. The first-order chi connectivity index (χ1) is 7.67. The van der Waals surface area contributed by atoms with E-state index in [9.17, 15) is 4.79 Å². The van der Waals surface area contributed by atoms with Crippen LogP contribution in [-0.4, -0.2) is 25.8 Å². The second-order valence-electron chi connectivity index (χ2n) is 3.57. The summed E-state index contributed by atoms with van der Waals surface area (Å²) >= 11 is 0. The molecule has 2 N–H and O–H groups in total. The molecule has 0 radical (unpaired) electrons. The van der Waals surface area contributed by atoms with Gasteiger partial charge in [-0.15, -0.1) is 0 Å². The van der Waals surface area contributed by atoms with Gasteiger partial charge in [-0.1, -0.05) is 12.1 Å². The van der Waals surface area contributed by atoms with Gasteiger partial charge in [0.2, 0.25) is 0 Å². The van der Waals surface area contributed by atoms with E-state index in [1.165, 1.54) is 0 Å². The van der Waals surface area contributed by atoms with E-state index in [2.05, 4.69) is 0 Å². The fraction of sp³-hybridized carbons (Fsp3) is 0.417. The number of benzene rings is 1. The number of carbonyl (C=O) groups excluding carboxylic acids is 1. The van der Waals surface area contributed by atoms with Gasteiger partial charge >= 0.3 is 5.97 Å². The van der Waals surface area contributed by atoms with Gasteiger partial charge in [-0.05, 0) is 24.6 Å². The third-order valence-electron chi connectivity index (χ3n) is 2.13. The van der Waals surface area contributed by atoms with E-state index >= 15 is 0 Å². The summed E-state index contributed by atoms with van der Waals surface area (Å²) in [5, 5.41) is 0. The first-order valence-electron chi connectivity index (χ1n) is 5.16. The lowest BCUT2D eigenvalue weighted by molar-refractivity contribution is 0.0120. The van der Waals surface area contributed by atoms with Crippen LogP contribution in [0.5, 0.6) is 0 Å². The van der Waals surface area contributed by atoms with Crippen molar-refractivity contribution in [2.24, 2.45) is 5.73 Å². The van der Waals surface area contributed by atoms with E-state index < -0.39 is 0 Å². The van der Waals surface area contributed by atoms with Crippen LogP contribution in [0.1, 0.15) is 22.8 Å². The molecule has 0 spiro atoms. The minimum atomic E-state index is -0.340. The molecule has 0 aliphatic rings. The van der Waals surface area contributed by atoms with Crippen LogP contribution in [-0.2, 0) is 16.0 Å². The molecule has 0 aromatic heterocycles. The minimum absolute atomic E-state index is 0.244. The second kappa shape index (κ2) is 6.25. The summed E-state index contributed by atoms with van der Waals surface area (Å²) < 4.78 is 10.0. The lowest BCUT2D eigenvalue weighted by Crippen LogP contribution is -2.19. The van der Waals surface area contributed by atoms with Crippen molar-refractivity contribution in [3.63, 3.8) is 0 Å². The summed E-state index contributed by atoms with van der Waals surface area (Å²) in [5.41, 5.74) is 6.98. The van der Waals surface area contributed by atoms with Gasteiger partial charge in [0.25, 0.3) is 0 Å². The summed E-state index contributed by atoms with van der Waals surface area (Å²) in [5.74, 6) is -0.340. The van der Waals surface area contributed by atoms with Crippen molar-refractivity contribution in [2.75, 3.05) is 13.7 Å². The van der Waals surface area contributed by atoms with Crippen molar-refractivity contribution in [1.82, 2.24) is 0 Å². The molecule has 0 amide bonds. The van der Waals surface area contributed by atoms with E-state index in [0.717, 1.165) is 5.56 Å². The average molecular weight is 223 g/mol. The molecule has 16 heavy (non-hydrogen) atoms. The Morgan fingerprint density at radius 3 is 2.50 bits per heavy atom. The van der Waals surface area contributed by atoms with E-state index in [1.54, 1.807) is 26.2 Å². The normalized spacial score (nSPS) is 12.2. The molecule has 0 aliphatic carbocycles. The van der Waals surface area contributed by atoms with Crippen molar-refractivity contribution in [3.05, 3.63) is 35.4 Å². The standard InChI is InChI=1S/C12H17NO3/c1-9(8-15-2)16-12(14)11-5-3-10(7-13)4-6-11/h3-6,9H,7-8,13H2,1-2H3. The Kier molecular flexibility index (Phi) is 4.95. The first-order valence-corrected chi connectivity index (χ1v) is 5.16. The van der Waals surface area contributed by atoms with E-state index in [4.69, 9.17) is 15.2 Å². The topological polar surface area (TPSA) is 61.5 Å². The highest BCUT2D eigenvalue weighted by Gasteiger charge is 2.11. The molecule has 88 valence electrons. The monoisotopic (exact) mass is 223 g/mol. The average Bonchev–Trinajstić information content (AvgIpc) is 2.29. The van der Waals surface area contributed by atoms with Crippen molar-refractivity contribution >= 4 is 5.97 Å². The quantitative estimate of drug-likeness (QED) is 0.765. The van der Waals surface area contributed by atoms with E-state index in [1.807, 2.05) is 12.1 Å². The van der Waals surface area contributed by atoms with Crippen LogP contribution >= 0.6 is 0 Å². The van der Waals surface area contributed by atoms with Crippen LogP contribution in [0.25, 0.3) is 0 Å². The molecule has 1 rings (SSSR count). The summed E-state index contributed by atoms with van der Waals surface area (Å²) in [6.45, 7) is 2.65. The number of hydrogen-bond donors (Lipinski definition) is 1. The van der Waals surface area contributed by atoms with E-state index in [0.29, 0.717) is 18.7 Å². The molecule has 0 saturated heterocycles. The van der Waals surface area contributed by atoms with Crippen LogP contribution in [0.15, 0.2) is 24.3 Å². The van der Waals surface area contributed by atoms with Crippen LogP contribution in [0, 0.1) is 0 Å². The predicted molar refractivity (Wildman–Crippen MR) is 61.1 cm³/mol. The Hall–Kier alpha value is -1.39. The first kappa shape index (κ1) is 12.7. The predicted octanol–water partition coefficient (Wildman–Crippen LogP) is 1.34. The van der Waals surface area contributed by atoms with Gasteiger partial charge < -0.3 is 15.2 Å². The van der Waals surface area contributed by atoms with Gasteiger partial charge in [-0.3, -0.25) is 0 Å². The van der Waals surface area contributed by atoms with Crippen LogP contribution < -0.4 is 5.73 Å². The minimum Gasteiger partial charge on any atom is -0.457 e. The van der Waals surface area contributed by atoms with Crippen LogP contribution in [0.4, 0.5) is 0 Å². The lowest BCUT2D eigenvalue weighted by Gasteiger charge is -2.12. The maximum absolute atomic E-state index is 11.6. The van der Waals surface area contributed by atoms with Crippen molar-refractivity contribution in [3.8, 4) is 0 Å². The van der Waals surface area contributed by atoms with Gasteiger partial charge in [-0.2, -0.15) is 0 Å². The van der Waals surface area contributed by atoms with Crippen LogP contribution in [0.3, 0.4) is 0 Å². The molecule has 0 saturated carbocycles. The molecule has 0 bridgehead atoms. The molecule has 1 aromatic rings. The molecule has 1 unspecified atom stereocenters. The fourth-order valence-corrected chi connectivity index (χ4v) is 1.30. The molecule has 0 fully saturated rings. The van der Waals surface area contributed by atoms with Gasteiger partial charge in [0.05, 0.1) is 12.2 Å². The summed E-state index contributed by atoms with van der Waals surface area (Å²) in [6.07, 6.45) is -0.244. The van der Waals surface area contributed by atoms with E-state index in [-0.39, 0.29) is 12.1 Å². The molecule has 1 atom stereocenters. The smallest absolute Gasteiger partial charge is 0.338 e. The summed E-state index contributed by atoms with van der Waals surface area (Å²) in [4.78, 5) is 11.6. The molecule has 4 heteroatoms. The molecular weight excluding hydrogens is 206 g/mol. The number of ether oxygens (including phenoxy) is 2. The Balaban J connectivity index is 2.59. The van der Waals surface area contributed by atoms with Crippen molar-refractivity contribution < 1.29 is 14.3 Å². The summed E-state index contributed by atoms with van der Waals surface area (Å²) in [7, 11) is 1.57. The number of hydrogen-bond acceptors (Lipinski definition) is 4. The zero-order chi connectivity index (χ0) is 12.0. The zero-order valence-electron chi connectivity index (χ0n) is 9.60. The van der Waals surface area contributed by atoms with Crippen molar-refractivity contribution in [1.29, 1.82) is 0 Å². The van der Waals surface area contributed by atoms with Crippen molar-refractivity contribution in [2.45, 2.75) is 19.6 Å². The number of rotatable bonds is 5. The summed E-state index contributed by atoms with van der Waals surface area (Å²) in [6, 6.07) is 7.06. The molecule has 0 aliphatic heterocycles. The maximum atomic E-state index is 11.6. The van der Waals surface area contributed by atoms with Gasteiger partial charge in [0.15, 0.2) is 0 Å². The second-order valence-corrected chi connectivity index (χ2v) is 3.57. The third kappa shape index (κ3) is 3.64. The Morgan fingerprint density at radius 1 is 1.38 bits per heavy atom. The Morgan fingerprint density at radius 2 is 2.00 bits per heavy atom. The lowest BCUT2D eigenvalue weighted by atomic mass is 10.1. The van der Waals surface area contributed by atoms with Gasteiger partial charge in [-0.25, -0.2) is 4.79 Å². The van der Waals surface area contributed by atoms with Crippen LogP contribution in [0.2, 0.25) is 0 Å². The number of carbonyl (C=O) groups is 1. The third-order valence-corrected chi connectivity index (χ3v) is 2.13. The number of methoxy groups -OCH3 is 1. The number of esters is 1. The Labute approximate surface area is 95.3 Å². The maximum Gasteiger partial charge on any atom is 0.338 e. The number of nitrogens with two attached hydrogens (primary N) is 1. The fourth-order valence-electron chi connectivity index (χ4n) is 1.30. The molecule has 4 nitrogen and oxygen atoms in total. The molecule has 0 heterocycles. The highest BCUT2D eigenvalue weighted by atomic mass is 16.6. The molecular formula is C12H17NO3. The van der Waals surface area contributed by atoms with Gasteiger partial charge in [0, 0.05) is 13.7 Å². The molecule has 1 aromatic carbocycles. The zero-order valence-corrected chi connectivity index (χ0v) is 9.60. The SMILES string of the molecule is COCC(C)OC(=O)c1ccc(CN)cc1. The van der Waals surface area contributed by atoms with Gasteiger partial charge in [0.1, 0.15) is 6.10 Å². The highest BCUT2D eigenvalue weighted by molar-refractivity contribution is 5.89. The highest BCUT2D eigenvalue weighted by Crippen LogP contribution is 2.07.